The molecule has 0 unspecified atom stereocenters. The smallest absolute Gasteiger partial charge is 0.264 e. The molecule has 25 heavy (non-hydrogen) atoms. The van der Waals surface area contributed by atoms with E-state index in [2.05, 4.69) is 10.6 Å². The zero-order chi connectivity index (χ0) is 17.8. The van der Waals surface area contributed by atoms with Gasteiger partial charge in [0.15, 0.2) is 0 Å². The number of likely N-dealkylation sites (tertiary alicyclic amines) is 1. The highest BCUT2D eigenvalue weighted by Crippen LogP contribution is 2.24. The lowest BCUT2D eigenvalue weighted by Crippen LogP contribution is -2.42. The van der Waals surface area contributed by atoms with Crippen molar-refractivity contribution >= 4 is 40.4 Å². The number of amides is 3. The molecule has 0 saturated carbocycles. The lowest BCUT2D eigenvalue weighted by molar-refractivity contribution is -0.119. The predicted octanol–water partition coefficient (Wildman–Crippen LogP) is 2.95. The number of benzene rings is 1. The van der Waals surface area contributed by atoms with Gasteiger partial charge in [0, 0.05) is 24.8 Å². The van der Waals surface area contributed by atoms with Crippen LogP contribution in [-0.4, -0.2) is 35.2 Å². The second-order valence-corrected chi connectivity index (χ2v) is 6.83. The molecule has 2 aromatic rings. The molecule has 7 heteroatoms. The molecule has 2 heterocycles. The molecule has 0 spiro atoms. The van der Waals surface area contributed by atoms with E-state index in [-0.39, 0.29) is 17.7 Å². The first-order valence-electron chi connectivity index (χ1n) is 8.07. The van der Waals surface area contributed by atoms with Gasteiger partial charge in [0.1, 0.15) is 6.04 Å². The summed E-state index contributed by atoms with van der Waals surface area (Å²) < 4.78 is 0. The fourth-order valence-corrected chi connectivity index (χ4v) is 3.61. The lowest BCUT2D eigenvalue weighted by atomic mass is 10.2. The van der Waals surface area contributed by atoms with Crippen LogP contribution in [0.1, 0.15) is 29.4 Å². The summed E-state index contributed by atoms with van der Waals surface area (Å²) in [5.74, 6) is -0.478. The van der Waals surface area contributed by atoms with Crippen LogP contribution in [-0.2, 0) is 9.59 Å². The molecule has 130 valence electrons. The maximum absolute atomic E-state index is 12.6. The third kappa shape index (κ3) is 4.06. The Balaban J connectivity index is 1.70. The van der Waals surface area contributed by atoms with E-state index in [1.54, 1.807) is 35.2 Å². The normalized spacial score (nSPS) is 16.5. The monoisotopic (exact) mass is 357 g/mol. The zero-order valence-corrected chi connectivity index (χ0v) is 14.6. The van der Waals surface area contributed by atoms with Gasteiger partial charge in [0.05, 0.1) is 4.88 Å². The summed E-state index contributed by atoms with van der Waals surface area (Å²) in [6.45, 7) is 2.01. The Kier molecular flexibility index (Phi) is 5.14. The van der Waals surface area contributed by atoms with Crippen LogP contribution >= 0.6 is 11.3 Å². The van der Waals surface area contributed by atoms with Gasteiger partial charge in [-0.2, -0.15) is 0 Å². The molecule has 0 radical (unpaired) electrons. The number of carbonyl (C=O) groups is 3. The van der Waals surface area contributed by atoms with Crippen LogP contribution in [0, 0.1) is 0 Å². The molecule has 3 amide bonds. The minimum Gasteiger partial charge on any atom is -0.326 e. The molecule has 3 rings (SSSR count). The first kappa shape index (κ1) is 17.2. The van der Waals surface area contributed by atoms with Crippen LogP contribution in [0.3, 0.4) is 0 Å². The molecule has 0 aliphatic carbocycles. The summed E-state index contributed by atoms with van der Waals surface area (Å²) in [5.41, 5.74) is 1.20. The summed E-state index contributed by atoms with van der Waals surface area (Å²) in [6.07, 6.45) is 1.45. The van der Waals surface area contributed by atoms with Crippen molar-refractivity contribution in [1.29, 1.82) is 0 Å². The molecule has 1 aliphatic rings. The summed E-state index contributed by atoms with van der Waals surface area (Å²) >= 11 is 1.38. The summed E-state index contributed by atoms with van der Waals surface area (Å²) in [5, 5.41) is 7.38. The van der Waals surface area contributed by atoms with E-state index < -0.39 is 6.04 Å². The summed E-state index contributed by atoms with van der Waals surface area (Å²) in [4.78, 5) is 38.6. The van der Waals surface area contributed by atoms with E-state index in [0.717, 1.165) is 6.42 Å². The number of hydrogen-bond acceptors (Lipinski definition) is 4. The Morgan fingerprint density at radius 2 is 1.88 bits per heavy atom. The van der Waals surface area contributed by atoms with Crippen molar-refractivity contribution in [2.24, 2.45) is 0 Å². The maximum Gasteiger partial charge on any atom is 0.264 e. The molecule has 0 bridgehead atoms. The van der Waals surface area contributed by atoms with Crippen molar-refractivity contribution < 1.29 is 14.4 Å². The molecule has 1 aliphatic heterocycles. The van der Waals surface area contributed by atoms with Crippen LogP contribution < -0.4 is 10.6 Å². The van der Waals surface area contributed by atoms with Crippen molar-refractivity contribution in [3.63, 3.8) is 0 Å². The highest BCUT2D eigenvalue weighted by Gasteiger charge is 2.34. The summed E-state index contributed by atoms with van der Waals surface area (Å²) in [6, 6.07) is 10.1. The molecular formula is C18H19N3O3S. The Morgan fingerprint density at radius 1 is 1.12 bits per heavy atom. The third-order valence-electron chi connectivity index (χ3n) is 4.00. The number of nitrogens with zero attached hydrogens (tertiary/aromatic N) is 1. The van der Waals surface area contributed by atoms with Gasteiger partial charge in [-0.1, -0.05) is 12.1 Å². The number of thiophene rings is 1. The largest absolute Gasteiger partial charge is 0.326 e. The highest BCUT2D eigenvalue weighted by atomic mass is 32.1. The van der Waals surface area contributed by atoms with Crippen LogP contribution in [0.4, 0.5) is 11.4 Å². The first-order chi connectivity index (χ1) is 12.0. The van der Waals surface area contributed by atoms with Gasteiger partial charge >= 0.3 is 0 Å². The number of rotatable bonds is 4. The minimum absolute atomic E-state index is 0.0975. The van der Waals surface area contributed by atoms with E-state index in [0.29, 0.717) is 29.2 Å². The fourth-order valence-electron chi connectivity index (χ4n) is 2.93. The molecule has 1 aromatic carbocycles. The average Bonchev–Trinajstić information content (AvgIpc) is 3.26. The number of anilines is 2. The molecular weight excluding hydrogens is 338 g/mol. The molecule has 1 fully saturated rings. The quantitative estimate of drug-likeness (QED) is 0.883. The Hall–Kier alpha value is -2.67. The topological polar surface area (TPSA) is 78.5 Å². The van der Waals surface area contributed by atoms with Crippen LogP contribution in [0.15, 0.2) is 41.8 Å². The van der Waals surface area contributed by atoms with Gasteiger partial charge < -0.3 is 15.5 Å². The number of nitrogens with one attached hydrogen (secondary N) is 2. The lowest BCUT2D eigenvalue weighted by Gasteiger charge is -2.23. The fraction of sp³-hybridized carbons (Fsp3) is 0.278. The van der Waals surface area contributed by atoms with Crippen molar-refractivity contribution in [2.45, 2.75) is 25.8 Å². The molecule has 1 saturated heterocycles. The SMILES string of the molecule is CC(=O)Nc1cccc(NC(=O)[C@@H]2CCCN2C(=O)c2cccs2)c1. The van der Waals surface area contributed by atoms with Crippen molar-refractivity contribution in [2.75, 3.05) is 17.2 Å². The number of carbonyl (C=O) groups excluding carboxylic acids is 3. The molecule has 2 N–H and O–H groups in total. The second-order valence-electron chi connectivity index (χ2n) is 5.89. The number of hydrogen-bond donors (Lipinski definition) is 2. The van der Waals surface area contributed by atoms with E-state index in [1.807, 2.05) is 11.4 Å². The van der Waals surface area contributed by atoms with Crippen molar-refractivity contribution in [3.8, 4) is 0 Å². The summed E-state index contributed by atoms with van der Waals surface area (Å²) in [7, 11) is 0. The van der Waals surface area contributed by atoms with Gasteiger partial charge in [-0.15, -0.1) is 11.3 Å². The third-order valence-corrected chi connectivity index (χ3v) is 4.86. The van der Waals surface area contributed by atoms with Crippen molar-refractivity contribution in [3.05, 3.63) is 46.7 Å². The maximum atomic E-state index is 12.6. The van der Waals surface area contributed by atoms with E-state index >= 15 is 0 Å². The minimum atomic E-state index is -0.473. The zero-order valence-electron chi connectivity index (χ0n) is 13.8. The van der Waals surface area contributed by atoms with E-state index in [1.165, 1.54) is 18.3 Å². The standard InChI is InChI=1S/C18H19N3O3S/c1-12(22)19-13-5-2-6-14(11-13)20-17(23)15-7-3-9-21(15)18(24)16-8-4-10-25-16/h2,4-6,8,10-11,15H,3,7,9H2,1H3,(H,19,22)(H,20,23)/t15-/m0/s1. The van der Waals surface area contributed by atoms with Gasteiger partial charge in [0.25, 0.3) is 5.91 Å². The molecule has 1 atom stereocenters. The highest BCUT2D eigenvalue weighted by molar-refractivity contribution is 7.12. The van der Waals surface area contributed by atoms with Crippen molar-refractivity contribution in [1.82, 2.24) is 4.90 Å². The molecule has 6 nitrogen and oxygen atoms in total. The predicted molar refractivity (Wildman–Crippen MR) is 97.8 cm³/mol. The van der Waals surface area contributed by atoms with Crippen LogP contribution in [0.5, 0.6) is 0 Å². The second kappa shape index (κ2) is 7.48. The Labute approximate surface area is 149 Å². The van der Waals surface area contributed by atoms with Gasteiger partial charge in [0.2, 0.25) is 11.8 Å². The van der Waals surface area contributed by atoms with Gasteiger partial charge in [-0.05, 0) is 42.5 Å². The first-order valence-corrected chi connectivity index (χ1v) is 8.95. The van der Waals surface area contributed by atoms with Crippen LogP contribution in [0.2, 0.25) is 0 Å². The van der Waals surface area contributed by atoms with E-state index in [9.17, 15) is 14.4 Å². The van der Waals surface area contributed by atoms with Gasteiger partial charge in [-0.3, -0.25) is 14.4 Å². The van der Waals surface area contributed by atoms with E-state index in [4.69, 9.17) is 0 Å². The van der Waals surface area contributed by atoms with Gasteiger partial charge in [-0.25, -0.2) is 0 Å². The van der Waals surface area contributed by atoms with Crippen LogP contribution in [0.25, 0.3) is 0 Å². The Bertz CT molecular complexity index is 789. The molecule has 1 aromatic heterocycles. The average molecular weight is 357 g/mol. The Morgan fingerprint density at radius 3 is 2.56 bits per heavy atom.